The number of hydrogen-bond acceptors (Lipinski definition) is 4. The first-order chi connectivity index (χ1) is 9.59. The van der Waals surface area contributed by atoms with E-state index in [-0.39, 0.29) is 19.6 Å². The fourth-order valence-electron chi connectivity index (χ4n) is 2.03. The Balaban J connectivity index is 0.00000128. The minimum Gasteiger partial charge on any atom is -0.349 e. The fraction of sp³-hybridized carbons (Fsp3) is 0.571. The summed E-state index contributed by atoms with van der Waals surface area (Å²) in [6.07, 6.45) is 2.91. The van der Waals surface area contributed by atoms with Gasteiger partial charge in [0.05, 0.1) is 12.2 Å². The molecule has 0 saturated carbocycles. The highest BCUT2D eigenvalue weighted by atomic mass is 19.1. The van der Waals surface area contributed by atoms with E-state index in [9.17, 15) is 14.4 Å². The van der Waals surface area contributed by atoms with Crippen LogP contribution in [0.3, 0.4) is 0 Å². The lowest BCUT2D eigenvalue weighted by Gasteiger charge is -2.16. The molecule has 1 amide bonds. The number of hydrogen-bond donors (Lipinski definition) is 2. The summed E-state index contributed by atoms with van der Waals surface area (Å²) < 4.78 is 13.6. The van der Waals surface area contributed by atoms with Gasteiger partial charge < -0.3 is 10.5 Å². The first-order valence-electron chi connectivity index (χ1n) is 6.93. The van der Waals surface area contributed by atoms with Gasteiger partial charge in [-0.3, -0.25) is 9.78 Å². The van der Waals surface area contributed by atoms with Crippen LogP contribution in [0.25, 0.3) is 0 Å². The van der Waals surface area contributed by atoms with Gasteiger partial charge in [-0.25, -0.2) is 4.39 Å². The van der Waals surface area contributed by atoms with E-state index < -0.39 is 11.9 Å². The van der Waals surface area contributed by atoms with Crippen molar-refractivity contribution in [2.75, 3.05) is 6.54 Å². The van der Waals surface area contributed by atoms with Crippen molar-refractivity contribution in [3.8, 4) is 0 Å². The van der Waals surface area contributed by atoms with Crippen LogP contribution in [0.5, 0.6) is 0 Å². The molecule has 2 heterocycles. The summed E-state index contributed by atoms with van der Waals surface area (Å²) in [7, 11) is 0. The van der Waals surface area contributed by atoms with Gasteiger partial charge in [-0.05, 0) is 31.4 Å². The number of carbonyl (C=O) groups excluding carboxylic acids is 1. The molecule has 1 aromatic heterocycles. The van der Waals surface area contributed by atoms with E-state index in [4.69, 9.17) is 0 Å². The zero-order valence-electron chi connectivity index (χ0n) is 12.2. The van der Waals surface area contributed by atoms with Crippen molar-refractivity contribution >= 4 is 5.91 Å². The maximum absolute atomic E-state index is 13.6. The second-order valence-electron chi connectivity index (χ2n) is 4.43. The molecular formula is C14H24FN3O2. The van der Waals surface area contributed by atoms with Crippen LogP contribution in [-0.4, -0.2) is 33.7 Å². The molecule has 1 atom stereocenters. The normalized spacial score (nSPS) is 18.4. The average molecular weight is 285 g/mol. The van der Waals surface area contributed by atoms with Crippen LogP contribution >= 0.6 is 0 Å². The molecule has 0 aromatic carbocycles. The topological polar surface area (TPSA) is 65.5 Å². The second kappa shape index (κ2) is 7.91. The van der Waals surface area contributed by atoms with E-state index in [0.717, 1.165) is 11.5 Å². The van der Waals surface area contributed by atoms with E-state index in [2.05, 4.69) is 10.3 Å². The van der Waals surface area contributed by atoms with Crippen LogP contribution in [-0.2, 0) is 11.3 Å². The van der Waals surface area contributed by atoms with Crippen molar-refractivity contribution in [2.24, 2.45) is 0 Å². The van der Waals surface area contributed by atoms with Gasteiger partial charge in [0.1, 0.15) is 11.9 Å². The highest BCUT2D eigenvalue weighted by molar-refractivity contribution is 5.81. The lowest BCUT2D eigenvalue weighted by atomic mass is 10.2. The molecule has 114 valence electrons. The molecule has 0 unspecified atom stereocenters. The predicted octanol–water partition coefficient (Wildman–Crippen LogP) is 2.27. The number of nitrogens with one attached hydrogen (secondary N) is 1. The maximum Gasteiger partial charge on any atom is 0.240 e. The lowest BCUT2D eigenvalue weighted by molar-refractivity contribution is -0.145. The SMILES string of the molecule is CC.Cc1ccnc(CNC(=O)[C@@H]2CCCN2O)c1F.[HH]. The van der Waals surface area contributed by atoms with E-state index >= 15 is 0 Å². The zero-order valence-corrected chi connectivity index (χ0v) is 12.2. The van der Waals surface area contributed by atoms with Crippen molar-refractivity contribution in [3.63, 3.8) is 0 Å². The maximum atomic E-state index is 13.6. The van der Waals surface area contributed by atoms with Crippen molar-refractivity contribution in [2.45, 2.75) is 46.2 Å². The summed E-state index contributed by atoms with van der Waals surface area (Å²) in [6.45, 7) is 6.18. The Morgan fingerprint density at radius 2 is 2.35 bits per heavy atom. The third-order valence-corrected chi connectivity index (χ3v) is 3.11. The Morgan fingerprint density at radius 3 is 2.95 bits per heavy atom. The molecule has 1 saturated heterocycles. The highest BCUT2D eigenvalue weighted by Gasteiger charge is 2.29. The van der Waals surface area contributed by atoms with Crippen LogP contribution in [0.15, 0.2) is 12.3 Å². The Bertz CT molecular complexity index is 460. The third kappa shape index (κ3) is 3.98. The number of nitrogens with zero attached hydrogens (tertiary/aromatic N) is 2. The van der Waals surface area contributed by atoms with Crippen molar-refractivity contribution in [1.29, 1.82) is 0 Å². The van der Waals surface area contributed by atoms with Gasteiger partial charge in [-0.15, -0.1) is 0 Å². The molecule has 6 heteroatoms. The Labute approximate surface area is 120 Å². The summed E-state index contributed by atoms with van der Waals surface area (Å²) >= 11 is 0. The zero-order chi connectivity index (χ0) is 15.1. The molecule has 0 spiro atoms. The minimum atomic E-state index is -0.530. The van der Waals surface area contributed by atoms with Crippen LogP contribution in [0, 0.1) is 12.7 Å². The number of amides is 1. The molecule has 1 aromatic rings. The van der Waals surface area contributed by atoms with E-state index in [1.54, 1.807) is 13.0 Å². The number of pyridine rings is 1. The van der Waals surface area contributed by atoms with Gasteiger partial charge in [-0.1, -0.05) is 13.8 Å². The van der Waals surface area contributed by atoms with Crippen molar-refractivity contribution in [3.05, 3.63) is 29.3 Å². The molecule has 0 bridgehead atoms. The number of carbonyl (C=O) groups is 1. The van der Waals surface area contributed by atoms with E-state index in [0.29, 0.717) is 18.5 Å². The Morgan fingerprint density at radius 1 is 1.65 bits per heavy atom. The first-order valence-corrected chi connectivity index (χ1v) is 6.93. The summed E-state index contributed by atoms with van der Waals surface area (Å²) in [5.74, 6) is -0.692. The Hall–Kier alpha value is -1.53. The predicted molar refractivity (Wildman–Crippen MR) is 75.8 cm³/mol. The first kappa shape index (κ1) is 16.5. The van der Waals surface area contributed by atoms with E-state index in [1.807, 2.05) is 13.8 Å². The van der Waals surface area contributed by atoms with Crippen molar-refractivity contribution in [1.82, 2.24) is 15.4 Å². The molecule has 2 rings (SSSR count). The standard InChI is InChI=1S/C12H16FN3O2.C2H6.H2/c1-8-4-5-14-9(11(8)13)7-15-12(17)10-3-2-6-16(10)18;1-2;/h4-5,10,18H,2-3,6-7H2,1H3,(H,15,17);1-2H3;1H/t10-;;/m0../s1. The molecule has 1 aliphatic rings. The monoisotopic (exact) mass is 285 g/mol. The molecule has 0 aliphatic carbocycles. The molecule has 1 fully saturated rings. The Kier molecular flexibility index (Phi) is 6.54. The smallest absolute Gasteiger partial charge is 0.240 e. The summed E-state index contributed by atoms with van der Waals surface area (Å²) in [5, 5.41) is 13.1. The summed E-state index contributed by atoms with van der Waals surface area (Å²) in [5.41, 5.74) is 0.713. The molecular weight excluding hydrogens is 261 g/mol. The number of halogens is 1. The number of rotatable bonds is 3. The van der Waals surface area contributed by atoms with Crippen LogP contribution in [0.4, 0.5) is 4.39 Å². The second-order valence-corrected chi connectivity index (χ2v) is 4.43. The quantitative estimate of drug-likeness (QED) is 0.894. The number of hydroxylamine groups is 2. The summed E-state index contributed by atoms with van der Waals surface area (Å²) in [4.78, 5) is 15.7. The van der Waals surface area contributed by atoms with Gasteiger partial charge in [0.2, 0.25) is 5.91 Å². The molecule has 20 heavy (non-hydrogen) atoms. The van der Waals surface area contributed by atoms with Crippen LogP contribution < -0.4 is 5.32 Å². The van der Waals surface area contributed by atoms with Crippen molar-refractivity contribution < 1.29 is 15.8 Å². The molecule has 2 N–H and O–H groups in total. The number of aromatic nitrogens is 1. The molecule has 5 nitrogen and oxygen atoms in total. The van der Waals surface area contributed by atoms with Gasteiger partial charge in [0.25, 0.3) is 0 Å². The molecule has 0 radical (unpaired) electrons. The fourth-order valence-corrected chi connectivity index (χ4v) is 2.03. The van der Waals surface area contributed by atoms with Gasteiger partial charge in [0.15, 0.2) is 0 Å². The van der Waals surface area contributed by atoms with Crippen LogP contribution in [0.1, 0.15) is 39.4 Å². The highest BCUT2D eigenvalue weighted by Crippen LogP contribution is 2.15. The van der Waals surface area contributed by atoms with Crippen LogP contribution in [0.2, 0.25) is 0 Å². The summed E-state index contributed by atoms with van der Waals surface area (Å²) in [6, 6.07) is 1.05. The number of aryl methyl sites for hydroxylation is 1. The largest absolute Gasteiger partial charge is 0.349 e. The minimum absolute atomic E-state index is 0. The van der Waals surface area contributed by atoms with Gasteiger partial charge in [-0.2, -0.15) is 5.06 Å². The average Bonchev–Trinajstić information content (AvgIpc) is 2.89. The van der Waals surface area contributed by atoms with Gasteiger partial charge in [0, 0.05) is 14.2 Å². The van der Waals surface area contributed by atoms with Gasteiger partial charge >= 0.3 is 0 Å². The molecule has 1 aliphatic heterocycles. The third-order valence-electron chi connectivity index (χ3n) is 3.11. The van der Waals surface area contributed by atoms with E-state index in [1.165, 1.54) is 6.20 Å². The lowest BCUT2D eigenvalue weighted by Crippen LogP contribution is -2.41.